The molecule has 0 saturated carbocycles. The first-order valence-corrected chi connectivity index (χ1v) is 6.71. The first kappa shape index (κ1) is 13.5. The molecule has 2 atom stereocenters. The Morgan fingerprint density at radius 2 is 2.44 bits per heavy atom. The quantitative estimate of drug-likeness (QED) is 0.816. The van der Waals surface area contributed by atoms with Gasteiger partial charge in [-0.2, -0.15) is 0 Å². The highest BCUT2D eigenvalue weighted by atomic mass is 16.6. The topological polar surface area (TPSA) is 48.3 Å². The maximum absolute atomic E-state index is 5.76. The molecule has 0 aliphatic carbocycles. The Balaban J connectivity index is 1.98. The lowest BCUT2D eigenvalue weighted by molar-refractivity contribution is -0.101. The van der Waals surface area contributed by atoms with E-state index in [9.17, 15) is 0 Å². The van der Waals surface area contributed by atoms with Gasteiger partial charge in [-0.3, -0.25) is 0 Å². The summed E-state index contributed by atoms with van der Waals surface area (Å²) < 4.78 is 13.4. The summed E-state index contributed by atoms with van der Waals surface area (Å²) in [7, 11) is 1.97. The lowest BCUT2D eigenvalue weighted by Gasteiger charge is -2.30. The van der Waals surface area contributed by atoms with Crippen molar-refractivity contribution in [3.05, 3.63) is 18.2 Å². The molecule has 0 spiro atoms. The fraction of sp³-hybridized carbons (Fsp3) is 0.769. The average molecular weight is 253 g/mol. The SMILES string of the molecule is CCCn1ccnc1CC(NC)C1COCCO1. The number of hydrogen-bond acceptors (Lipinski definition) is 4. The number of aromatic nitrogens is 2. The van der Waals surface area contributed by atoms with Crippen molar-refractivity contribution in [1.82, 2.24) is 14.9 Å². The van der Waals surface area contributed by atoms with E-state index in [-0.39, 0.29) is 12.1 Å². The standard InChI is InChI=1S/C13H23N3O2/c1-3-5-16-6-4-15-13(16)9-11(14-2)12-10-17-7-8-18-12/h4,6,11-12,14H,3,5,7-10H2,1-2H3. The highest BCUT2D eigenvalue weighted by Gasteiger charge is 2.25. The molecule has 102 valence electrons. The third-order valence-corrected chi connectivity index (χ3v) is 3.33. The van der Waals surface area contributed by atoms with Crippen molar-refractivity contribution in [2.75, 3.05) is 26.9 Å². The van der Waals surface area contributed by atoms with Crippen molar-refractivity contribution in [2.45, 2.75) is 38.5 Å². The molecule has 2 rings (SSSR count). The van der Waals surface area contributed by atoms with E-state index in [2.05, 4.69) is 21.8 Å². The van der Waals surface area contributed by atoms with Crippen LogP contribution in [-0.4, -0.2) is 48.6 Å². The first-order chi connectivity index (χ1) is 8.85. The van der Waals surface area contributed by atoms with Crippen molar-refractivity contribution in [3.8, 4) is 0 Å². The van der Waals surface area contributed by atoms with Crippen molar-refractivity contribution in [3.63, 3.8) is 0 Å². The molecule has 18 heavy (non-hydrogen) atoms. The van der Waals surface area contributed by atoms with Gasteiger partial charge in [-0.1, -0.05) is 6.92 Å². The molecule has 1 aromatic rings. The lowest BCUT2D eigenvalue weighted by atomic mass is 10.1. The molecule has 2 unspecified atom stereocenters. The van der Waals surface area contributed by atoms with Crippen LogP contribution in [0.4, 0.5) is 0 Å². The minimum absolute atomic E-state index is 0.121. The van der Waals surface area contributed by atoms with Gasteiger partial charge < -0.3 is 19.4 Å². The molecule has 5 heteroatoms. The van der Waals surface area contributed by atoms with Crippen molar-refractivity contribution < 1.29 is 9.47 Å². The van der Waals surface area contributed by atoms with Gasteiger partial charge in [0, 0.05) is 31.4 Å². The highest BCUT2D eigenvalue weighted by Crippen LogP contribution is 2.11. The molecule has 1 saturated heterocycles. The predicted molar refractivity (Wildman–Crippen MR) is 69.6 cm³/mol. The summed E-state index contributed by atoms with van der Waals surface area (Å²) in [6.07, 6.45) is 6.03. The van der Waals surface area contributed by atoms with E-state index >= 15 is 0 Å². The van der Waals surface area contributed by atoms with Crippen LogP contribution in [-0.2, 0) is 22.4 Å². The Hall–Kier alpha value is -0.910. The maximum Gasteiger partial charge on any atom is 0.110 e. The number of ether oxygens (including phenoxy) is 2. The third-order valence-electron chi connectivity index (χ3n) is 3.33. The zero-order chi connectivity index (χ0) is 12.8. The van der Waals surface area contributed by atoms with Crippen LogP contribution in [0.15, 0.2) is 12.4 Å². The average Bonchev–Trinajstić information content (AvgIpc) is 2.85. The van der Waals surface area contributed by atoms with E-state index in [1.54, 1.807) is 0 Å². The molecule has 0 aromatic carbocycles. The Labute approximate surface area is 108 Å². The molecular formula is C13H23N3O2. The smallest absolute Gasteiger partial charge is 0.110 e. The van der Waals surface area contributed by atoms with Crippen molar-refractivity contribution in [1.29, 1.82) is 0 Å². The van der Waals surface area contributed by atoms with Crippen LogP contribution in [0.2, 0.25) is 0 Å². The number of likely N-dealkylation sites (N-methyl/N-ethyl adjacent to an activating group) is 1. The Kier molecular flexibility index (Phi) is 5.16. The van der Waals surface area contributed by atoms with Crippen LogP contribution < -0.4 is 5.32 Å². The van der Waals surface area contributed by atoms with Crippen LogP contribution >= 0.6 is 0 Å². The van der Waals surface area contributed by atoms with Gasteiger partial charge in [-0.25, -0.2) is 4.98 Å². The van der Waals surface area contributed by atoms with E-state index in [1.165, 1.54) is 0 Å². The third kappa shape index (κ3) is 3.31. The summed E-state index contributed by atoms with van der Waals surface area (Å²) in [5.41, 5.74) is 0. The number of nitrogens with one attached hydrogen (secondary N) is 1. The van der Waals surface area contributed by atoms with Crippen molar-refractivity contribution in [2.24, 2.45) is 0 Å². The molecule has 1 N–H and O–H groups in total. The van der Waals surface area contributed by atoms with Gasteiger partial charge in [0.25, 0.3) is 0 Å². The van der Waals surface area contributed by atoms with E-state index in [0.29, 0.717) is 19.8 Å². The fourth-order valence-corrected chi connectivity index (χ4v) is 2.33. The largest absolute Gasteiger partial charge is 0.376 e. The van der Waals surface area contributed by atoms with Gasteiger partial charge in [0.1, 0.15) is 5.82 Å². The summed E-state index contributed by atoms with van der Waals surface area (Å²) >= 11 is 0. The zero-order valence-electron chi connectivity index (χ0n) is 11.3. The van der Waals surface area contributed by atoms with E-state index < -0.39 is 0 Å². The molecule has 1 aliphatic rings. The molecule has 0 radical (unpaired) electrons. The number of aryl methyl sites for hydroxylation is 1. The number of nitrogens with zero attached hydrogens (tertiary/aromatic N) is 2. The normalized spacial score (nSPS) is 22.0. The molecule has 0 amide bonds. The molecule has 0 bridgehead atoms. The minimum atomic E-state index is 0.121. The minimum Gasteiger partial charge on any atom is -0.376 e. The number of rotatable bonds is 6. The summed E-state index contributed by atoms with van der Waals surface area (Å²) in [5.74, 6) is 1.12. The van der Waals surface area contributed by atoms with E-state index in [1.807, 2.05) is 19.4 Å². The Morgan fingerprint density at radius 3 is 3.11 bits per heavy atom. The zero-order valence-corrected chi connectivity index (χ0v) is 11.3. The van der Waals surface area contributed by atoms with Gasteiger partial charge in [-0.15, -0.1) is 0 Å². The molecule has 1 aliphatic heterocycles. The maximum atomic E-state index is 5.76. The molecule has 1 fully saturated rings. The highest BCUT2D eigenvalue weighted by molar-refractivity contribution is 4.97. The number of imidazole rings is 1. The van der Waals surface area contributed by atoms with Crippen LogP contribution in [0.3, 0.4) is 0 Å². The van der Waals surface area contributed by atoms with Gasteiger partial charge in [-0.05, 0) is 13.5 Å². The second-order valence-corrected chi connectivity index (χ2v) is 4.62. The van der Waals surface area contributed by atoms with Gasteiger partial charge in [0.2, 0.25) is 0 Å². The summed E-state index contributed by atoms with van der Waals surface area (Å²) in [6, 6.07) is 0.253. The van der Waals surface area contributed by atoms with Gasteiger partial charge in [0.15, 0.2) is 0 Å². The second-order valence-electron chi connectivity index (χ2n) is 4.62. The summed E-state index contributed by atoms with van der Waals surface area (Å²) in [5, 5.41) is 3.32. The van der Waals surface area contributed by atoms with Crippen LogP contribution in [0.1, 0.15) is 19.2 Å². The van der Waals surface area contributed by atoms with Crippen LogP contribution in [0, 0.1) is 0 Å². The molecule has 5 nitrogen and oxygen atoms in total. The first-order valence-electron chi connectivity index (χ1n) is 6.71. The van der Waals surface area contributed by atoms with Gasteiger partial charge in [0.05, 0.1) is 25.9 Å². The molecule has 1 aromatic heterocycles. The monoisotopic (exact) mass is 253 g/mol. The molecular weight excluding hydrogens is 230 g/mol. The fourth-order valence-electron chi connectivity index (χ4n) is 2.33. The van der Waals surface area contributed by atoms with Crippen molar-refractivity contribution >= 4 is 0 Å². The second kappa shape index (κ2) is 6.87. The van der Waals surface area contributed by atoms with E-state index in [0.717, 1.165) is 25.2 Å². The predicted octanol–water partition coefficient (Wildman–Crippen LogP) is 0.839. The Bertz CT molecular complexity index is 348. The number of hydrogen-bond donors (Lipinski definition) is 1. The molecule has 2 heterocycles. The van der Waals surface area contributed by atoms with Crippen LogP contribution in [0.5, 0.6) is 0 Å². The summed E-state index contributed by atoms with van der Waals surface area (Å²) in [4.78, 5) is 4.44. The lowest BCUT2D eigenvalue weighted by Crippen LogP contribution is -2.47. The van der Waals surface area contributed by atoms with Gasteiger partial charge >= 0.3 is 0 Å². The Morgan fingerprint density at radius 1 is 1.56 bits per heavy atom. The van der Waals surface area contributed by atoms with E-state index in [4.69, 9.17) is 9.47 Å². The summed E-state index contributed by atoms with van der Waals surface area (Å²) in [6.45, 7) is 5.26. The van der Waals surface area contributed by atoms with Crippen LogP contribution in [0.25, 0.3) is 0 Å².